The average molecular weight is 265 g/mol. The zero-order valence-electron chi connectivity index (χ0n) is 10.4. The second kappa shape index (κ2) is 4.76. The summed E-state index contributed by atoms with van der Waals surface area (Å²) in [6.07, 6.45) is 7.27. The lowest BCUT2D eigenvalue weighted by molar-refractivity contribution is 0.561. The van der Waals surface area contributed by atoms with Crippen LogP contribution in [0.4, 0.5) is 5.82 Å². The number of imidazole rings is 1. The summed E-state index contributed by atoms with van der Waals surface area (Å²) in [4.78, 5) is 8.84. The van der Waals surface area contributed by atoms with Gasteiger partial charge < -0.3 is 9.88 Å². The van der Waals surface area contributed by atoms with Gasteiger partial charge in [0, 0.05) is 25.2 Å². The molecule has 2 heterocycles. The molecule has 1 saturated carbocycles. The van der Waals surface area contributed by atoms with Gasteiger partial charge in [0.05, 0.1) is 11.8 Å². The van der Waals surface area contributed by atoms with Gasteiger partial charge in [-0.15, -0.1) is 11.6 Å². The van der Waals surface area contributed by atoms with Crippen molar-refractivity contribution >= 4 is 28.5 Å². The van der Waals surface area contributed by atoms with Crippen molar-refractivity contribution in [2.45, 2.75) is 25.3 Å². The summed E-state index contributed by atoms with van der Waals surface area (Å²) in [6.45, 7) is 0. The summed E-state index contributed by atoms with van der Waals surface area (Å²) in [6, 6.07) is 2.42. The number of hydrogen-bond donors (Lipinski definition) is 1. The molecule has 18 heavy (non-hydrogen) atoms. The SMILES string of the molecule is Cn1cnc2c(NC3CCCC3CCl)nccc21. The molecule has 4 nitrogen and oxygen atoms in total. The molecule has 0 spiro atoms. The normalized spacial score (nSPS) is 23.7. The first kappa shape index (κ1) is 11.8. The lowest BCUT2D eigenvalue weighted by Gasteiger charge is -2.19. The van der Waals surface area contributed by atoms with Gasteiger partial charge in [0.2, 0.25) is 0 Å². The molecule has 0 amide bonds. The van der Waals surface area contributed by atoms with E-state index < -0.39 is 0 Å². The summed E-state index contributed by atoms with van der Waals surface area (Å²) in [5.41, 5.74) is 2.05. The Kier molecular flexibility index (Phi) is 3.12. The van der Waals surface area contributed by atoms with Crippen molar-refractivity contribution in [2.24, 2.45) is 13.0 Å². The van der Waals surface area contributed by atoms with Crippen molar-refractivity contribution in [1.82, 2.24) is 14.5 Å². The van der Waals surface area contributed by atoms with Crippen molar-refractivity contribution in [3.63, 3.8) is 0 Å². The Bertz CT molecular complexity index is 551. The average Bonchev–Trinajstić information content (AvgIpc) is 2.98. The molecule has 96 valence electrons. The van der Waals surface area contributed by atoms with Crippen LogP contribution in [0.15, 0.2) is 18.6 Å². The van der Waals surface area contributed by atoms with Gasteiger partial charge >= 0.3 is 0 Å². The molecular weight excluding hydrogens is 248 g/mol. The molecule has 2 aromatic heterocycles. The van der Waals surface area contributed by atoms with Gasteiger partial charge in [0.15, 0.2) is 5.82 Å². The van der Waals surface area contributed by atoms with Crippen LogP contribution in [-0.2, 0) is 7.05 Å². The van der Waals surface area contributed by atoms with Crippen LogP contribution in [0.3, 0.4) is 0 Å². The maximum atomic E-state index is 6.01. The van der Waals surface area contributed by atoms with Crippen LogP contribution < -0.4 is 5.32 Å². The Labute approximate surface area is 111 Å². The van der Waals surface area contributed by atoms with E-state index in [-0.39, 0.29) is 0 Å². The van der Waals surface area contributed by atoms with E-state index in [2.05, 4.69) is 15.3 Å². The third kappa shape index (κ3) is 1.94. The summed E-state index contributed by atoms with van der Waals surface area (Å²) in [5, 5.41) is 3.53. The van der Waals surface area contributed by atoms with Gasteiger partial charge in [-0.25, -0.2) is 9.97 Å². The highest BCUT2D eigenvalue weighted by Crippen LogP contribution is 2.30. The molecule has 1 aliphatic rings. The quantitative estimate of drug-likeness (QED) is 0.867. The standard InChI is InChI=1S/C13H17ClN4/c1-18-8-16-12-11(18)5-6-15-13(12)17-10-4-2-3-9(10)7-14/h5-6,8-10H,2-4,7H2,1H3,(H,15,17). The van der Waals surface area contributed by atoms with E-state index in [0.717, 1.165) is 22.7 Å². The van der Waals surface area contributed by atoms with Gasteiger partial charge in [0.25, 0.3) is 0 Å². The van der Waals surface area contributed by atoms with Crippen LogP contribution in [-0.4, -0.2) is 26.5 Å². The fraction of sp³-hybridized carbons (Fsp3) is 0.538. The van der Waals surface area contributed by atoms with Gasteiger partial charge in [0.1, 0.15) is 5.52 Å². The van der Waals surface area contributed by atoms with Gasteiger partial charge in [-0.05, 0) is 24.8 Å². The number of fused-ring (bicyclic) bond motifs is 1. The molecule has 2 aromatic rings. The molecule has 0 radical (unpaired) electrons. The number of aryl methyl sites for hydroxylation is 1. The number of alkyl halides is 1. The fourth-order valence-corrected chi connectivity index (χ4v) is 3.12. The van der Waals surface area contributed by atoms with E-state index in [1.165, 1.54) is 19.3 Å². The van der Waals surface area contributed by atoms with Gasteiger partial charge in [-0.2, -0.15) is 0 Å². The minimum Gasteiger partial charge on any atom is -0.365 e. The van der Waals surface area contributed by atoms with Crippen molar-refractivity contribution in [3.05, 3.63) is 18.6 Å². The number of nitrogens with one attached hydrogen (secondary N) is 1. The van der Waals surface area contributed by atoms with Crippen LogP contribution in [0.1, 0.15) is 19.3 Å². The van der Waals surface area contributed by atoms with E-state index >= 15 is 0 Å². The van der Waals surface area contributed by atoms with Crippen molar-refractivity contribution in [1.29, 1.82) is 0 Å². The minimum absolute atomic E-state index is 0.433. The summed E-state index contributed by atoms with van der Waals surface area (Å²) < 4.78 is 2.01. The van der Waals surface area contributed by atoms with E-state index in [9.17, 15) is 0 Å². The van der Waals surface area contributed by atoms with E-state index in [1.54, 1.807) is 0 Å². The maximum absolute atomic E-state index is 6.01. The molecular formula is C13H17ClN4. The number of anilines is 1. The zero-order chi connectivity index (χ0) is 12.5. The first-order valence-corrected chi connectivity index (χ1v) is 6.91. The molecule has 1 fully saturated rings. The largest absolute Gasteiger partial charge is 0.365 e. The molecule has 2 unspecified atom stereocenters. The monoisotopic (exact) mass is 264 g/mol. The smallest absolute Gasteiger partial charge is 0.154 e. The second-order valence-corrected chi connectivity index (χ2v) is 5.29. The summed E-state index contributed by atoms with van der Waals surface area (Å²) in [5.74, 6) is 2.15. The molecule has 0 aliphatic heterocycles. The highest BCUT2D eigenvalue weighted by atomic mass is 35.5. The predicted molar refractivity (Wildman–Crippen MR) is 74.0 cm³/mol. The number of aromatic nitrogens is 3. The number of pyridine rings is 1. The van der Waals surface area contributed by atoms with Crippen LogP contribution in [0.25, 0.3) is 11.0 Å². The van der Waals surface area contributed by atoms with Gasteiger partial charge in [-0.1, -0.05) is 6.42 Å². The number of hydrogen-bond acceptors (Lipinski definition) is 3. The summed E-state index contributed by atoms with van der Waals surface area (Å²) >= 11 is 6.01. The highest BCUT2D eigenvalue weighted by Gasteiger charge is 2.27. The molecule has 0 aromatic carbocycles. The Balaban J connectivity index is 1.90. The molecule has 1 N–H and O–H groups in total. The molecule has 2 atom stereocenters. The Morgan fingerprint density at radius 3 is 3.17 bits per heavy atom. The first-order chi connectivity index (χ1) is 8.79. The van der Waals surface area contributed by atoms with Crippen LogP contribution >= 0.6 is 11.6 Å². The Morgan fingerprint density at radius 2 is 2.33 bits per heavy atom. The summed E-state index contributed by atoms with van der Waals surface area (Å²) in [7, 11) is 2.00. The number of nitrogens with zero attached hydrogens (tertiary/aromatic N) is 3. The molecule has 1 aliphatic carbocycles. The fourth-order valence-electron chi connectivity index (χ4n) is 2.76. The zero-order valence-corrected chi connectivity index (χ0v) is 11.2. The van der Waals surface area contributed by atoms with Crippen LogP contribution in [0, 0.1) is 5.92 Å². The lowest BCUT2D eigenvalue weighted by atomic mass is 10.1. The Morgan fingerprint density at radius 1 is 1.44 bits per heavy atom. The topological polar surface area (TPSA) is 42.7 Å². The molecule has 0 bridgehead atoms. The third-order valence-electron chi connectivity index (χ3n) is 3.82. The lowest BCUT2D eigenvalue weighted by Crippen LogP contribution is -2.25. The van der Waals surface area contributed by atoms with Crippen molar-refractivity contribution < 1.29 is 0 Å². The predicted octanol–water partition coefficient (Wildman–Crippen LogP) is 2.79. The van der Waals surface area contributed by atoms with Gasteiger partial charge in [-0.3, -0.25) is 0 Å². The highest BCUT2D eigenvalue weighted by molar-refractivity contribution is 6.18. The molecule has 3 rings (SSSR count). The van der Waals surface area contributed by atoms with Crippen molar-refractivity contribution in [3.8, 4) is 0 Å². The number of rotatable bonds is 3. The van der Waals surface area contributed by atoms with Crippen molar-refractivity contribution in [2.75, 3.05) is 11.2 Å². The molecule has 0 saturated heterocycles. The maximum Gasteiger partial charge on any atom is 0.154 e. The first-order valence-electron chi connectivity index (χ1n) is 6.38. The Hall–Kier alpha value is -1.29. The third-order valence-corrected chi connectivity index (χ3v) is 4.22. The van der Waals surface area contributed by atoms with E-state index in [4.69, 9.17) is 11.6 Å². The number of halogens is 1. The van der Waals surface area contributed by atoms with Crippen LogP contribution in [0.5, 0.6) is 0 Å². The van der Waals surface area contributed by atoms with Crippen LogP contribution in [0.2, 0.25) is 0 Å². The van der Waals surface area contributed by atoms with E-state index in [0.29, 0.717) is 12.0 Å². The van der Waals surface area contributed by atoms with E-state index in [1.807, 2.05) is 30.2 Å². The second-order valence-electron chi connectivity index (χ2n) is 4.98. The minimum atomic E-state index is 0.433. The molecule has 5 heteroatoms.